The van der Waals surface area contributed by atoms with E-state index in [4.69, 9.17) is 14.4 Å². The van der Waals surface area contributed by atoms with Crippen molar-refractivity contribution in [3.05, 3.63) is 30.2 Å². The van der Waals surface area contributed by atoms with Gasteiger partial charge in [0.25, 0.3) is 0 Å². The number of benzene rings is 1. The molecule has 0 saturated heterocycles. The molecule has 1 atom stereocenters. The van der Waals surface area contributed by atoms with Crippen molar-refractivity contribution in [2.75, 3.05) is 13.2 Å². The van der Waals surface area contributed by atoms with Gasteiger partial charge in [0.2, 0.25) is 17.6 Å². The van der Waals surface area contributed by atoms with Gasteiger partial charge in [-0.15, -0.1) is 0 Å². The molecule has 1 heterocycles. The number of carbonyl (C=O) groups is 1. The lowest BCUT2D eigenvalue weighted by Gasteiger charge is -2.05. The van der Waals surface area contributed by atoms with E-state index < -0.39 is 6.10 Å². The van der Waals surface area contributed by atoms with Crippen molar-refractivity contribution in [1.29, 1.82) is 0 Å². The summed E-state index contributed by atoms with van der Waals surface area (Å²) in [5.74, 6) is 1.51. The van der Waals surface area contributed by atoms with E-state index >= 15 is 0 Å². The molecule has 0 fully saturated rings. The fourth-order valence-electron chi connectivity index (χ4n) is 1.91. The Balaban J connectivity index is 1.88. The summed E-state index contributed by atoms with van der Waals surface area (Å²) < 4.78 is 10.5. The van der Waals surface area contributed by atoms with E-state index in [1.54, 1.807) is 6.92 Å². The van der Waals surface area contributed by atoms with Gasteiger partial charge in [-0.05, 0) is 38.1 Å². The molecule has 0 bridgehead atoms. The fraction of sp³-hybridized carbons (Fsp3) is 0.438. The van der Waals surface area contributed by atoms with Crippen molar-refractivity contribution in [3.63, 3.8) is 0 Å². The Labute approximate surface area is 134 Å². The van der Waals surface area contributed by atoms with Gasteiger partial charge in [-0.3, -0.25) is 4.79 Å². The van der Waals surface area contributed by atoms with E-state index in [9.17, 15) is 4.79 Å². The van der Waals surface area contributed by atoms with Crippen LogP contribution in [-0.4, -0.2) is 40.4 Å². The van der Waals surface area contributed by atoms with Gasteiger partial charge >= 0.3 is 0 Å². The normalized spacial score (nSPS) is 12.0. The number of carbonyl (C=O) groups excluding carboxylic acids is 1. The van der Waals surface area contributed by atoms with Crippen LogP contribution in [0.25, 0.3) is 11.4 Å². The molecule has 2 rings (SSSR count). The van der Waals surface area contributed by atoms with Crippen LogP contribution in [0.3, 0.4) is 0 Å². The average molecular weight is 319 g/mol. The number of hydrogen-bond acceptors (Lipinski definition) is 6. The number of aryl methyl sites for hydroxylation is 1. The zero-order valence-electron chi connectivity index (χ0n) is 13.3. The van der Waals surface area contributed by atoms with Crippen LogP contribution in [0.1, 0.15) is 26.2 Å². The average Bonchev–Trinajstić information content (AvgIpc) is 3.01. The first kappa shape index (κ1) is 17.0. The van der Waals surface area contributed by atoms with Crippen molar-refractivity contribution in [1.82, 2.24) is 15.5 Å². The molecule has 1 unspecified atom stereocenters. The summed E-state index contributed by atoms with van der Waals surface area (Å²) >= 11 is 0. The predicted octanol–water partition coefficient (Wildman–Crippen LogP) is 1.56. The highest BCUT2D eigenvalue weighted by atomic mass is 16.5. The molecule has 0 saturated carbocycles. The summed E-state index contributed by atoms with van der Waals surface area (Å²) in [5.41, 5.74) is 0.821. The minimum absolute atomic E-state index is 0.160. The Morgan fingerprint density at radius 2 is 2.13 bits per heavy atom. The van der Waals surface area contributed by atoms with Crippen molar-refractivity contribution < 1.29 is 19.2 Å². The second-order valence-corrected chi connectivity index (χ2v) is 5.12. The second kappa shape index (κ2) is 8.28. The molecular weight excluding hydrogens is 298 g/mol. The Kier molecular flexibility index (Phi) is 6.10. The lowest BCUT2D eigenvalue weighted by molar-refractivity contribution is -0.121. The molecule has 124 valence electrons. The molecule has 0 aliphatic rings. The number of rotatable bonds is 8. The van der Waals surface area contributed by atoms with Crippen molar-refractivity contribution >= 4 is 5.91 Å². The van der Waals surface area contributed by atoms with Crippen LogP contribution in [0.5, 0.6) is 5.75 Å². The number of aliphatic hydroxyl groups is 1. The molecule has 1 amide bonds. The Hall–Kier alpha value is -2.41. The summed E-state index contributed by atoms with van der Waals surface area (Å²) in [4.78, 5) is 15.8. The molecule has 7 nitrogen and oxygen atoms in total. The number of ether oxygens (including phenoxy) is 1. The van der Waals surface area contributed by atoms with E-state index in [2.05, 4.69) is 15.5 Å². The maximum absolute atomic E-state index is 11.6. The number of nitrogens with zero attached hydrogens (tertiary/aromatic N) is 2. The third kappa shape index (κ3) is 5.37. The zero-order valence-corrected chi connectivity index (χ0v) is 13.3. The van der Waals surface area contributed by atoms with Crippen molar-refractivity contribution in [2.45, 2.75) is 32.8 Å². The molecule has 7 heteroatoms. The van der Waals surface area contributed by atoms with Gasteiger partial charge in [0, 0.05) is 24.9 Å². The van der Waals surface area contributed by atoms with Crippen molar-refractivity contribution in [2.24, 2.45) is 0 Å². The number of aliphatic hydroxyl groups excluding tert-OH is 1. The molecule has 0 spiro atoms. The first-order valence-electron chi connectivity index (χ1n) is 7.59. The molecule has 23 heavy (non-hydrogen) atoms. The number of amides is 1. The van der Waals surface area contributed by atoms with Crippen LogP contribution < -0.4 is 10.1 Å². The standard InChI is InChI=1S/C16H21N3O4/c1-3-22-13-6-4-12(5-7-13)16-18-15(23-19-16)9-8-14(21)17-10-11(2)20/h4-7,11,20H,3,8-10H2,1-2H3,(H,17,21). The molecule has 0 aliphatic heterocycles. The van der Waals surface area contributed by atoms with Gasteiger partial charge in [0.15, 0.2) is 0 Å². The number of aromatic nitrogens is 2. The summed E-state index contributed by atoms with van der Waals surface area (Å²) in [5, 5.41) is 15.6. The van der Waals surface area contributed by atoms with E-state index in [1.165, 1.54) is 0 Å². The number of hydrogen-bond donors (Lipinski definition) is 2. The smallest absolute Gasteiger partial charge is 0.227 e. The molecule has 1 aromatic carbocycles. The fourth-order valence-corrected chi connectivity index (χ4v) is 1.91. The van der Waals surface area contributed by atoms with E-state index in [-0.39, 0.29) is 18.9 Å². The van der Waals surface area contributed by atoms with Crippen LogP contribution in [0.15, 0.2) is 28.8 Å². The number of nitrogens with one attached hydrogen (secondary N) is 1. The topological polar surface area (TPSA) is 97.5 Å². The van der Waals surface area contributed by atoms with E-state index in [0.29, 0.717) is 24.7 Å². The van der Waals surface area contributed by atoms with Gasteiger partial charge in [0.05, 0.1) is 12.7 Å². The predicted molar refractivity (Wildman–Crippen MR) is 83.9 cm³/mol. The van der Waals surface area contributed by atoms with E-state index in [1.807, 2.05) is 31.2 Å². The zero-order chi connectivity index (χ0) is 16.7. The molecule has 2 aromatic rings. The largest absolute Gasteiger partial charge is 0.494 e. The van der Waals surface area contributed by atoms with Crippen molar-refractivity contribution in [3.8, 4) is 17.1 Å². The lowest BCUT2D eigenvalue weighted by atomic mass is 10.2. The molecule has 0 aliphatic carbocycles. The van der Waals surface area contributed by atoms with Gasteiger partial charge in [-0.1, -0.05) is 5.16 Å². The maximum atomic E-state index is 11.6. The van der Waals surface area contributed by atoms with Crippen LogP contribution in [-0.2, 0) is 11.2 Å². The van der Waals surface area contributed by atoms with Gasteiger partial charge in [0.1, 0.15) is 5.75 Å². The molecule has 0 radical (unpaired) electrons. The Bertz CT molecular complexity index is 623. The first-order valence-corrected chi connectivity index (χ1v) is 7.59. The lowest BCUT2D eigenvalue weighted by Crippen LogP contribution is -2.30. The summed E-state index contributed by atoms with van der Waals surface area (Å²) in [6.07, 6.45) is 0.0291. The van der Waals surface area contributed by atoms with Gasteiger partial charge in [-0.2, -0.15) is 4.98 Å². The third-order valence-electron chi connectivity index (χ3n) is 3.05. The van der Waals surface area contributed by atoms with Crippen LogP contribution in [0.2, 0.25) is 0 Å². The van der Waals surface area contributed by atoms with E-state index in [0.717, 1.165) is 11.3 Å². The van der Waals surface area contributed by atoms with Gasteiger partial charge < -0.3 is 19.7 Å². The first-order chi connectivity index (χ1) is 11.1. The highest BCUT2D eigenvalue weighted by Gasteiger charge is 2.11. The quantitative estimate of drug-likeness (QED) is 0.766. The van der Waals surface area contributed by atoms with Crippen LogP contribution in [0, 0.1) is 0 Å². The summed E-state index contributed by atoms with van der Waals surface area (Å²) in [7, 11) is 0. The minimum atomic E-state index is -0.561. The molecule has 2 N–H and O–H groups in total. The molecule has 1 aromatic heterocycles. The highest BCUT2D eigenvalue weighted by molar-refractivity contribution is 5.76. The SMILES string of the molecule is CCOc1ccc(-c2noc(CCC(=O)NCC(C)O)n2)cc1. The summed E-state index contributed by atoms with van der Waals surface area (Å²) in [6.45, 7) is 4.39. The Morgan fingerprint density at radius 1 is 1.39 bits per heavy atom. The van der Waals surface area contributed by atoms with Crippen LogP contribution >= 0.6 is 0 Å². The highest BCUT2D eigenvalue weighted by Crippen LogP contribution is 2.20. The van der Waals surface area contributed by atoms with Gasteiger partial charge in [-0.25, -0.2) is 0 Å². The minimum Gasteiger partial charge on any atom is -0.494 e. The monoisotopic (exact) mass is 319 g/mol. The summed E-state index contributed by atoms with van der Waals surface area (Å²) in [6, 6.07) is 7.40. The molecular formula is C16H21N3O4. The third-order valence-corrected chi connectivity index (χ3v) is 3.05. The second-order valence-electron chi connectivity index (χ2n) is 5.12. The van der Waals surface area contributed by atoms with Crippen LogP contribution in [0.4, 0.5) is 0 Å². The Morgan fingerprint density at radius 3 is 2.78 bits per heavy atom. The maximum Gasteiger partial charge on any atom is 0.227 e.